The Balaban J connectivity index is 1.86. The molecule has 126 valence electrons. The van der Waals surface area contributed by atoms with E-state index >= 15 is 0 Å². The van der Waals surface area contributed by atoms with Crippen LogP contribution in [0.25, 0.3) is 0 Å². The number of carbonyl (C=O) groups excluding carboxylic acids is 1. The highest BCUT2D eigenvalue weighted by Gasteiger charge is 2.23. The van der Waals surface area contributed by atoms with Crippen LogP contribution in [0, 0.1) is 0 Å². The van der Waals surface area contributed by atoms with E-state index in [2.05, 4.69) is 0 Å². The molecule has 1 fully saturated rings. The van der Waals surface area contributed by atoms with E-state index < -0.39 is 0 Å². The smallest absolute Gasteiger partial charge is 0.223 e. The second-order valence-corrected chi connectivity index (χ2v) is 7.16. The molecule has 3 rings (SSSR count). The van der Waals surface area contributed by atoms with Crippen molar-refractivity contribution in [2.75, 3.05) is 24.6 Å². The van der Waals surface area contributed by atoms with Gasteiger partial charge in [-0.2, -0.15) is 11.8 Å². The summed E-state index contributed by atoms with van der Waals surface area (Å²) in [6.45, 7) is 1.59. The fourth-order valence-electron chi connectivity index (χ4n) is 2.99. The van der Waals surface area contributed by atoms with Crippen LogP contribution in [0.5, 0.6) is 11.5 Å². The van der Waals surface area contributed by atoms with Gasteiger partial charge in [0.15, 0.2) is 0 Å². The van der Waals surface area contributed by atoms with Crippen molar-refractivity contribution in [1.29, 1.82) is 0 Å². The lowest BCUT2D eigenvalue weighted by molar-refractivity contribution is -0.131. The Hall–Kier alpha value is -2.14. The number of hydrogen-bond donors (Lipinski definition) is 2. The fraction of sp³-hybridized carbons (Fsp3) is 0.316. The molecule has 1 aliphatic rings. The summed E-state index contributed by atoms with van der Waals surface area (Å²) >= 11 is 1.88. The predicted molar refractivity (Wildman–Crippen MR) is 96.6 cm³/mol. The second-order valence-electron chi connectivity index (χ2n) is 5.94. The van der Waals surface area contributed by atoms with Gasteiger partial charge >= 0.3 is 0 Å². The van der Waals surface area contributed by atoms with Crippen molar-refractivity contribution < 1.29 is 15.0 Å². The Morgan fingerprint density at radius 2 is 1.71 bits per heavy atom. The quantitative estimate of drug-likeness (QED) is 0.895. The van der Waals surface area contributed by atoms with E-state index in [0.29, 0.717) is 6.42 Å². The summed E-state index contributed by atoms with van der Waals surface area (Å²) < 4.78 is 0. The molecule has 1 saturated heterocycles. The SMILES string of the molecule is O=C(CC(c1ccc(O)cc1)c1cccc(O)c1)N1CCSCC1. The summed E-state index contributed by atoms with van der Waals surface area (Å²) in [5, 5.41) is 19.3. The molecule has 2 aromatic rings. The number of phenols is 2. The second kappa shape index (κ2) is 7.62. The average Bonchev–Trinajstić information content (AvgIpc) is 2.61. The van der Waals surface area contributed by atoms with E-state index in [9.17, 15) is 15.0 Å². The number of benzene rings is 2. The molecule has 24 heavy (non-hydrogen) atoms. The summed E-state index contributed by atoms with van der Waals surface area (Å²) in [5.74, 6) is 2.37. The van der Waals surface area contributed by atoms with Crippen LogP contribution in [0.4, 0.5) is 0 Å². The zero-order chi connectivity index (χ0) is 16.9. The van der Waals surface area contributed by atoms with E-state index in [0.717, 1.165) is 35.7 Å². The van der Waals surface area contributed by atoms with Crippen molar-refractivity contribution in [2.45, 2.75) is 12.3 Å². The van der Waals surface area contributed by atoms with Gasteiger partial charge in [0, 0.05) is 36.9 Å². The van der Waals surface area contributed by atoms with E-state index in [4.69, 9.17) is 0 Å². The van der Waals surface area contributed by atoms with Crippen LogP contribution in [0.15, 0.2) is 48.5 Å². The molecule has 1 aliphatic heterocycles. The Labute approximate surface area is 146 Å². The minimum Gasteiger partial charge on any atom is -0.508 e. The van der Waals surface area contributed by atoms with Gasteiger partial charge in [0.25, 0.3) is 0 Å². The minimum atomic E-state index is -0.139. The Bertz CT molecular complexity index is 696. The molecule has 4 nitrogen and oxygen atoms in total. The molecule has 1 heterocycles. The first-order chi connectivity index (χ1) is 11.6. The molecule has 0 bridgehead atoms. The number of phenolic OH excluding ortho intramolecular Hbond substituents is 2. The van der Waals surface area contributed by atoms with Crippen LogP contribution in [0.1, 0.15) is 23.5 Å². The maximum Gasteiger partial charge on any atom is 0.223 e. The van der Waals surface area contributed by atoms with Crippen LogP contribution < -0.4 is 0 Å². The molecule has 2 N–H and O–H groups in total. The first kappa shape index (κ1) is 16.7. The number of rotatable bonds is 4. The van der Waals surface area contributed by atoms with Crippen LogP contribution in [0.2, 0.25) is 0 Å². The maximum atomic E-state index is 12.7. The third kappa shape index (κ3) is 4.03. The van der Waals surface area contributed by atoms with Gasteiger partial charge in [-0.25, -0.2) is 0 Å². The van der Waals surface area contributed by atoms with Crippen LogP contribution in [-0.4, -0.2) is 45.6 Å². The molecule has 0 saturated carbocycles. The van der Waals surface area contributed by atoms with Crippen molar-refractivity contribution in [1.82, 2.24) is 4.90 Å². The number of amides is 1. The average molecular weight is 343 g/mol. The van der Waals surface area contributed by atoms with Gasteiger partial charge in [0.1, 0.15) is 11.5 Å². The van der Waals surface area contributed by atoms with Gasteiger partial charge in [0.2, 0.25) is 5.91 Å². The zero-order valence-electron chi connectivity index (χ0n) is 13.4. The molecule has 0 aliphatic carbocycles. The fourth-order valence-corrected chi connectivity index (χ4v) is 3.90. The van der Waals surface area contributed by atoms with E-state index in [-0.39, 0.29) is 23.3 Å². The maximum absolute atomic E-state index is 12.7. The van der Waals surface area contributed by atoms with Gasteiger partial charge in [-0.05, 0) is 35.4 Å². The molecule has 0 radical (unpaired) electrons. The predicted octanol–water partition coefficient (Wildman–Crippen LogP) is 3.20. The van der Waals surface area contributed by atoms with Gasteiger partial charge in [0.05, 0.1) is 0 Å². The van der Waals surface area contributed by atoms with Gasteiger partial charge < -0.3 is 15.1 Å². The molecule has 0 spiro atoms. The Kier molecular flexibility index (Phi) is 5.30. The van der Waals surface area contributed by atoms with Crippen LogP contribution >= 0.6 is 11.8 Å². The highest BCUT2D eigenvalue weighted by Crippen LogP contribution is 2.31. The largest absolute Gasteiger partial charge is 0.508 e. The number of nitrogens with zero attached hydrogens (tertiary/aromatic N) is 1. The molecule has 1 unspecified atom stereocenters. The van der Waals surface area contributed by atoms with Crippen molar-refractivity contribution in [3.63, 3.8) is 0 Å². The lowest BCUT2D eigenvalue weighted by Crippen LogP contribution is -2.38. The summed E-state index contributed by atoms with van der Waals surface area (Å²) in [6, 6.07) is 14.0. The zero-order valence-corrected chi connectivity index (χ0v) is 14.2. The number of hydrogen-bond acceptors (Lipinski definition) is 4. The van der Waals surface area contributed by atoms with E-state index in [1.807, 2.05) is 34.9 Å². The molecule has 2 aromatic carbocycles. The number of carbonyl (C=O) groups is 1. The van der Waals surface area contributed by atoms with Crippen molar-refractivity contribution in [2.24, 2.45) is 0 Å². The Morgan fingerprint density at radius 3 is 2.38 bits per heavy atom. The summed E-state index contributed by atoms with van der Waals surface area (Å²) in [5.41, 5.74) is 1.86. The topological polar surface area (TPSA) is 60.8 Å². The third-order valence-electron chi connectivity index (χ3n) is 4.31. The standard InChI is InChI=1S/C19H21NO3S/c21-16-6-4-14(5-7-16)18(15-2-1-3-17(22)12-15)13-19(23)20-8-10-24-11-9-20/h1-7,12,18,21-22H,8-11,13H2. The van der Waals surface area contributed by atoms with Crippen LogP contribution in [0.3, 0.4) is 0 Å². The molecule has 5 heteroatoms. The van der Waals surface area contributed by atoms with Crippen LogP contribution in [-0.2, 0) is 4.79 Å². The number of thioether (sulfide) groups is 1. The van der Waals surface area contributed by atoms with E-state index in [1.165, 1.54) is 0 Å². The summed E-state index contributed by atoms with van der Waals surface area (Å²) in [6.07, 6.45) is 0.360. The van der Waals surface area contributed by atoms with Gasteiger partial charge in [-0.3, -0.25) is 4.79 Å². The van der Waals surface area contributed by atoms with Crippen molar-refractivity contribution >= 4 is 17.7 Å². The molecule has 1 atom stereocenters. The minimum absolute atomic E-state index is 0.136. The first-order valence-electron chi connectivity index (χ1n) is 8.07. The molecular weight excluding hydrogens is 322 g/mol. The highest BCUT2D eigenvalue weighted by atomic mass is 32.2. The van der Waals surface area contributed by atoms with Crippen molar-refractivity contribution in [3.05, 3.63) is 59.7 Å². The molecule has 0 aromatic heterocycles. The monoisotopic (exact) mass is 343 g/mol. The van der Waals surface area contributed by atoms with Crippen molar-refractivity contribution in [3.8, 4) is 11.5 Å². The first-order valence-corrected chi connectivity index (χ1v) is 9.22. The Morgan fingerprint density at radius 1 is 1.00 bits per heavy atom. The van der Waals surface area contributed by atoms with Gasteiger partial charge in [-0.1, -0.05) is 24.3 Å². The molecule has 1 amide bonds. The highest BCUT2D eigenvalue weighted by molar-refractivity contribution is 7.99. The summed E-state index contributed by atoms with van der Waals surface area (Å²) in [4.78, 5) is 14.6. The lowest BCUT2D eigenvalue weighted by Gasteiger charge is -2.28. The van der Waals surface area contributed by atoms with E-state index in [1.54, 1.807) is 30.3 Å². The third-order valence-corrected chi connectivity index (χ3v) is 5.25. The lowest BCUT2D eigenvalue weighted by atomic mass is 9.88. The number of aromatic hydroxyl groups is 2. The molecular formula is C19H21NO3S. The normalized spacial score (nSPS) is 15.9. The van der Waals surface area contributed by atoms with Gasteiger partial charge in [-0.15, -0.1) is 0 Å². The summed E-state index contributed by atoms with van der Waals surface area (Å²) in [7, 11) is 0.